The number of methoxy groups -OCH3 is 1. The molecule has 212 valence electrons. The van der Waals surface area contributed by atoms with Crippen LogP contribution in [0.4, 0.5) is 0 Å². The number of hydrogen-bond donors (Lipinski definition) is 0. The molecule has 1 saturated carbocycles. The summed E-state index contributed by atoms with van der Waals surface area (Å²) in [6.07, 6.45) is 5.43. The number of esters is 1. The number of ether oxygens (including phenoxy) is 3. The number of benzene rings is 2. The second-order valence-corrected chi connectivity index (χ2v) is 12.7. The number of pyridine rings is 1. The van der Waals surface area contributed by atoms with Crippen molar-refractivity contribution >= 4 is 39.2 Å². The fourth-order valence-corrected chi connectivity index (χ4v) is 6.94. The maximum Gasteiger partial charge on any atom is 0.325 e. The number of hydrogen-bond acceptors (Lipinski definition) is 7. The van der Waals surface area contributed by atoms with E-state index < -0.39 is 28.1 Å². The molecule has 1 saturated heterocycles. The van der Waals surface area contributed by atoms with Crippen LogP contribution in [0.1, 0.15) is 42.9 Å². The van der Waals surface area contributed by atoms with Gasteiger partial charge in [-0.25, -0.2) is 8.42 Å². The summed E-state index contributed by atoms with van der Waals surface area (Å²) in [7, 11) is -2.32. The predicted octanol–water partition coefficient (Wildman–Crippen LogP) is 5.87. The van der Waals surface area contributed by atoms with Gasteiger partial charge >= 0.3 is 5.97 Å². The van der Waals surface area contributed by atoms with Gasteiger partial charge in [-0.3, -0.25) is 9.78 Å². The highest BCUT2D eigenvalue weighted by atomic mass is 35.5. The highest BCUT2D eigenvalue weighted by Gasteiger charge is 2.41. The van der Waals surface area contributed by atoms with Crippen molar-refractivity contribution in [3.63, 3.8) is 0 Å². The number of carbonyl (C=O) groups is 1. The highest BCUT2D eigenvalue weighted by molar-refractivity contribution is 7.89. The van der Waals surface area contributed by atoms with E-state index in [1.54, 1.807) is 43.5 Å². The van der Waals surface area contributed by atoms with Crippen molar-refractivity contribution < 1.29 is 27.4 Å². The second-order valence-electron chi connectivity index (χ2n) is 9.96. The van der Waals surface area contributed by atoms with Gasteiger partial charge in [0.15, 0.2) is 11.5 Å². The normalized spacial score (nSPS) is 18.3. The molecular weight excluding hydrogens is 575 g/mol. The number of halogens is 2. The molecular formula is C29H30Cl2N2O6S. The Morgan fingerprint density at radius 3 is 2.45 bits per heavy atom. The smallest absolute Gasteiger partial charge is 0.325 e. The molecule has 2 atom stereocenters. The first-order valence-electron chi connectivity index (χ1n) is 13.1. The van der Waals surface area contributed by atoms with Gasteiger partial charge in [-0.05, 0) is 67.0 Å². The van der Waals surface area contributed by atoms with E-state index in [1.165, 1.54) is 28.8 Å². The predicted molar refractivity (Wildman–Crippen MR) is 151 cm³/mol. The van der Waals surface area contributed by atoms with Crippen LogP contribution >= 0.6 is 23.2 Å². The summed E-state index contributed by atoms with van der Waals surface area (Å²) in [5.74, 6) is 0.982. The van der Waals surface area contributed by atoms with Gasteiger partial charge in [0.2, 0.25) is 10.0 Å². The van der Waals surface area contributed by atoms with E-state index in [0.717, 1.165) is 12.8 Å². The number of nitrogens with zero attached hydrogens (tertiary/aromatic N) is 2. The van der Waals surface area contributed by atoms with Crippen molar-refractivity contribution in [1.82, 2.24) is 9.29 Å². The molecule has 2 aliphatic rings. The maximum atomic E-state index is 13.6. The Balaban J connectivity index is 1.45. The van der Waals surface area contributed by atoms with Crippen molar-refractivity contribution in [2.75, 3.05) is 20.3 Å². The zero-order chi connectivity index (χ0) is 28.3. The van der Waals surface area contributed by atoms with Crippen molar-refractivity contribution in [1.29, 1.82) is 0 Å². The molecule has 5 rings (SSSR count). The summed E-state index contributed by atoms with van der Waals surface area (Å²) in [6.45, 7) is 0.798. The van der Waals surface area contributed by atoms with Crippen LogP contribution in [0.3, 0.4) is 0 Å². The molecule has 11 heteroatoms. The third-order valence-electron chi connectivity index (χ3n) is 7.16. The standard InChI is InChI=1S/C29H30Cl2N2O6S/c1-37-26-12-11-20(14-28(26)38-18-19-9-10-19)27(15-22-23(30)16-32-17-24(22)31)39-29(34)25-8-5-13-33(25)40(35,36)21-6-3-2-4-7-21/h2-4,6-7,11-12,14,16-17,19,25,27H,5,8-10,13,15,18H2,1H3/t25?,27-/m0/s1. The van der Waals surface area contributed by atoms with Gasteiger partial charge in [0.25, 0.3) is 0 Å². The Labute approximate surface area is 244 Å². The van der Waals surface area contributed by atoms with Gasteiger partial charge in [0, 0.05) is 25.4 Å². The minimum Gasteiger partial charge on any atom is -0.493 e. The molecule has 2 fully saturated rings. The van der Waals surface area contributed by atoms with Crippen LogP contribution in [0.15, 0.2) is 65.8 Å². The van der Waals surface area contributed by atoms with Crippen LogP contribution in [-0.4, -0.2) is 50.0 Å². The molecule has 0 spiro atoms. The summed E-state index contributed by atoms with van der Waals surface area (Å²) < 4.78 is 45.6. The Morgan fingerprint density at radius 1 is 1.05 bits per heavy atom. The van der Waals surface area contributed by atoms with Crippen LogP contribution in [0.25, 0.3) is 0 Å². The minimum absolute atomic E-state index is 0.134. The molecule has 0 bridgehead atoms. The number of sulfonamides is 1. The summed E-state index contributed by atoms with van der Waals surface area (Å²) in [5, 5.41) is 0.669. The monoisotopic (exact) mass is 604 g/mol. The van der Waals surface area contributed by atoms with E-state index >= 15 is 0 Å². The highest BCUT2D eigenvalue weighted by Crippen LogP contribution is 2.38. The molecule has 8 nitrogen and oxygen atoms in total. The topological polar surface area (TPSA) is 95.0 Å². The average Bonchev–Trinajstić information content (AvgIpc) is 3.65. The zero-order valence-electron chi connectivity index (χ0n) is 22.0. The summed E-state index contributed by atoms with van der Waals surface area (Å²) in [4.78, 5) is 17.8. The molecule has 2 heterocycles. The van der Waals surface area contributed by atoms with E-state index in [-0.39, 0.29) is 17.9 Å². The Bertz CT molecular complexity index is 1450. The Morgan fingerprint density at radius 2 is 1.77 bits per heavy atom. The molecule has 2 aromatic carbocycles. The van der Waals surface area contributed by atoms with E-state index in [1.807, 2.05) is 0 Å². The van der Waals surface area contributed by atoms with Crippen LogP contribution in [-0.2, 0) is 26.0 Å². The third-order valence-corrected chi connectivity index (χ3v) is 9.73. The first-order chi connectivity index (χ1) is 19.3. The lowest BCUT2D eigenvalue weighted by atomic mass is 10.0. The van der Waals surface area contributed by atoms with E-state index in [0.29, 0.717) is 58.0 Å². The maximum absolute atomic E-state index is 13.6. The average molecular weight is 606 g/mol. The van der Waals surface area contributed by atoms with Gasteiger partial charge < -0.3 is 14.2 Å². The van der Waals surface area contributed by atoms with Crippen LogP contribution in [0.5, 0.6) is 11.5 Å². The molecule has 0 N–H and O–H groups in total. The van der Waals surface area contributed by atoms with Crippen molar-refractivity contribution in [2.45, 2.75) is 49.1 Å². The number of aromatic nitrogens is 1. The molecule has 40 heavy (non-hydrogen) atoms. The van der Waals surface area contributed by atoms with Crippen LogP contribution < -0.4 is 9.47 Å². The first kappa shape index (κ1) is 28.7. The van der Waals surface area contributed by atoms with Crippen molar-refractivity contribution in [2.24, 2.45) is 5.92 Å². The Hall–Kier alpha value is -2.85. The van der Waals surface area contributed by atoms with Gasteiger partial charge in [0.05, 0.1) is 28.7 Å². The van der Waals surface area contributed by atoms with Gasteiger partial charge in [-0.2, -0.15) is 4.31 Å². The van der Waals surface area contributed by atoms with E-state index in [9.17, 15) is 13.2 Å². The Kier molecular flexibility index (Phi) is 8.85. The van der Waals surface area contributed by atoms with Crippen LogP contribution in [0.2, 0.25) is 10.0 Å². The van der Waals surface area contributed by atoms with E-state index in [2.05, 4.69) is 4.98 Å². The molecule has 1 unspecified atom stereocenters. The summed E-state index contributed by atoms with van der Waals surface area (Å²) >= 11 is 12.9. The molecule has 0 radical (unpaired) electrons. The summed E-state index contributed by atoms with van der Waals surface area (Å²) in [6, 6.07) is 12.5. The fraction of sp³-hybridized carbons (Fsp3) is 0.379. The largest absolute Gasteiger partial charge is 0.493 e. The molecule has 0 amide bonds. The lowest BCUT2D eigenvalue weighted by Gasteiger charge is -2.26. The van der Waals surface area contributed by atoms with Crippen molar-refractivity contribution in [3.8, 4) is 11.5 Å². The lowest BCUT2D eigenvalue weighted by molar-refractivity contribution is -0.153. The molecule has 1 aliphatic carbocycles. The second kappa shape index (κ2) is 12.3. The van der Waals surface area contributed by atoms with Gasteiger partial charge in [0.1, 0.15) is 12.1 Å². The quantitative estimate of drug-likeness (QED) is 0.253. The number of carbonyl (C=O) groups excluding carboxylic acids is 1. The zero-order valence-corrected chi connectivity index (χ0v) is 24.3. The van der Waals surface area contributed by atoms with Gasteiger partial charge in [-0.1, -0.05) is 47.5 Å². The first-order valence-corrected chi connectivity index (χ1v) is 15.3. The molecule has 1 aliphatic heterocycles. The minimum atomic E-state index is -3.89. The summed E-state index contributed by atoms with van der Waals surface area (Å²) in [5.41, 5.74) is 1.20. The number of rotatable bonds is 11. The van der Waals surface area contributed by atoms with Crippen LogP contribution in [0, 0.1) is 5.92 Å². The van der Waals surface area contributed by atoms with Gasteiger partial charge in [-0.15, -0.1) is 0 Å². The van der Waals surface area contributed by atoms with E-state index in [4.69, 9.17) is 37.4 Å². The SMILES string of the molecule is COc1ccc([C@H](Cc2c(Cl)cncc2Cl)OC(=O)C2CCCN2S(=O)(=O)c2ccccc2)cc1OCC1CC1. The lowest BCUT2D eigenvalue weighted by Crippen LogP contribution is -2.41. The fourth-order valence-electron chi connectivity index (χ4n) is 4.75. The molecule has 1 aromatic heterocycles. The molecule has 3 aromatic rings. The third kappa shape index (κ3) is 6.38. The van der Waals surface area contributed by atoms with Crippen molar-refractivity contribution in [3.05, 3.63) is 82.1 Å².